The highest BCUT2D eigenvalue weighted by Gasteiger charge is 2.42. The Morgan fingerprint density at radius 1 is 0.917 bits per heavy atom. The Balaban J connectivity index is 1.31. The molecule has 0 bridgehead atoms. The molecule has 0 heterocycles. The van der Waals surface area contributed by atoms with Gasteiger partial charge >= 0.3 is 6.03 Å². The lowest BCUT2D eigenvalue weighted by molar-refractivity contribution is -0.126. The summed E-state index contributed by atoms with van der Waals surface area (Å²) in [7, 11) is 0. The standard InChI is InChI=1S/C19H31N3O2/c1-12(13-5-6-13)22(17-9-10-17)19(24)21-16-4-2-3-14(11-16)18(23)20-15-7-8-15/h12-17H,2-11H2,1H3,(H,20,23)(H,21,24). The molecule has 3 amide bonds. The maximum absolute atomic E-state index is 12.8. The van der Waals surface area contributed by atoms with Crippen LogP contribution in [0.4, 0.5) is 4.79 Å². The quantitative estimate of drug-likeness (QED) is 0.785. The molecule has 4 saturated carbocycles. The minimum Gasteiger partial charge on any atom is -0.353 e. The van der Waals surface area contributed by atoms with E-state index in [4.69, 9.17) is 0 Å². The van der Waals surface area contributed by atoms with Gasteiger partial charge in [0.1, 0.15) is 0 Å². The topological polar surface area (TPSA) is 61.4 Å². The number of urea groups is 1. The smallest absolute Gasteiger partial charge is 0.318 e. The van der Waals surface area contributed by atoms with E-state index in [1.165, 1.54) is 12.8 Å². The summed E-state index contributed by atoms with van der Waals surface area (Å²) in [4.78, 5) is 27.3. The predicted molar refractivity (Wildman–Crippen MR) is 92.5 cm³/mol. The van der Waals surface area contributed by atoms with Gasteiger partial charge in [-0.3, -0.25) is 4.79 Å². The molecular formula is C19H31N3O2. The average molecular weight is 333 g/mol. The summed E-state index contributed by atoms with van der Waals surface area (Å²) >= 11 is 0. The van der Waals surface area contributed by atoms with Crippen LogP contribution < -0.4 is 10.6 Å². The van der Waals surface area contributed by atoms with Crippen LogP contribution in [0.3, 0.4) is 0 Å². The van der Waals surface area contributed by atoms with Crippen molar-refractivity contribution in [2.75, 3.05) is 0 Å². The van der Waals surface area contributed by atoms with E-state index in [-0.39, 0.29) is 23.9 Å². The number of carbonyl (C=O) groups is 2. The van der Waals surface area contributed by atoms with Gasteiger partial charge in [0.25, 0.3) is 0 Å². The Morgan fingerprint density at radius 2 is 1.67 bits per heavy atom. The number of nitrogens with zero attached hydrogens (tertiary/aromatic N) is 1. The summed E-state index contributed by atoms with van der Waals surface area (Å²) in [5, 5.41) is 6.39. The van der Waals surface area contributed by atoms with Crippen LogP contribution >= 0.6 is 0 Å². The molecule has 5 heteroatoms. The highest BCUT2D eigenvalue weighted by Crippen LogP contribution is 2.40. The third-order valence-corrected chi connectivity index (χ3v) is 6.21. The van der Waals surface area contributed by atoms with Gasteiger partial charge < -0.3 is 15.5 Å². The lowest BCUT2D eigenvalue weighted by Crippen LogP contribution is -2.51. The van der Waals surface area contributed by atoms with Crippen LogP contribution in [-0.2, 0) is 4.79 Å². The van der Waals surface area contributed by atoms with Gasteiger partial charge in [-0.25, -0.2) is 4.79 Å². The fourth-order valence-electron chi connectivity index (χ4n) is 4.20. The number of hydrogen-bond acceptors (Lipinski definition) is 2. The third kappa shape index (κ3) is 3.86. The fraction of sp³-hybridized carbons (Fsp3) is 0.895. The normalized spacial score (nSPS) is 31.2. The van der Waals surface area contributed by atoms with Crippen LogP contribution in [0.5, 0.6) is 0 Å². The molecule has 0 spiro atoms. The third-order valence-electron chi connectivity index (χ3n) is 6.21. The fourth-order valence-corrected chi connectivity index (χ4v) is 4.20. The Hall–Kier alpha value is -1.26. The summed E-state index contributed by atoms with van der Waals surface area (Å²) in [6.07, 6.45) is 10.9. The van der Waals surface area contributed by atoms with Gasteiger partial charge in [0.15, 0.2) is 0 Å². The number of nitrogens with one attached hydrogen (secondary N) is 2. The first-order valence-corrected chi connectivity index (χ1v) is 10.0. The Morgan fingerprint density at radius 3 is 2.29 bits per heavy atom. The summed E-state index contributed by atoms with van der Waals surface area (Å²) in [5.41, 5.74) is 0. The van der Waals surface area contributed by atoms with Crippen molar-refractivity contribution in [3.05, 3.63) is 0 Å². The molecule has 0 aliphatic heterocycles. The molecule has 2 N–H and O–H groups in total. The van der Waals surface area contributed by atoms with Crippen LogP contribution in [0, 0.1) is 11.8 Å². The zero-order valence-electron chi connectivity index (χ0n) is 14.8. The molecule has 4 aliphatic rings. The summed E-state index contributed by atoms with van der Waals surface area (Å²) in [5.74, 6) is 1.00. The molecular weight excluding hydrogens is 302 g/mol. The minimum absolute atomic E-state index is 0.0832. The number of rotatable bonds is 6. The first-order chi connectivity index (χ1) is 11.6. The molecule has 4 rings (SSSR count). The van der Waals surface area contributed by atoms with Crippen LogP contribution in [0.1, 0.15) is 71.1 Å². The molecule has 4 fully saturated rings. The van der Waals surface area contributed by atoms with Crippen molar-refractivity contribution in [3.8, 4) is 0 Å². The highest BCUT2D eigenvalue weighted by molar-refractivity contribution is 5.80. The molecule has 0 saturated heterocycles. The van der Waals surface area contributed by atoms with Gasteiger partial charge in [-0.2, -0.15) is 0 Å². The molecule has 0 aromatic carbocycles. The minimum atomic E-state index is 0.0832. The molecule has 5 nitrogen and oxygen atoms in total. The molecule has 134 valence electrons. The summed E-state index contributed by atoms with van der Waals surface area (Å²) in [6, 6.07) is 1.53. The number of hydrogen-bond donors (Lipinski definition) is 2. The number of amides is 3. The van der Waals surface area contributed by atoms with Crippen LogP contribution in [0.15, 0.2) is 0 Å². The van der Waals surface area contributed by atoms with Gasteiger partial charge in [-0.05, 0) is 70.6 Å². The molecule has 0 aromatic rings. The van der Waals surface area contributed by atoms with Gasteiger partial charge in [0, 0.05) is 30.1 Å². The van der Waals surface area contributed by atoms with Crippen molar-refractivity contribution in [2.45, 2.75) is 95.3 Å². The van der Waals surface area contributed by atoms with E-state index in [1.807, 2.05) is 0 Å². The first kappa shape index (κ1) is 16.2. The van der Waals surface area contributed by atoms with Crippen LogP contribution in [-0.4, -0.2) is 41.0 Å². The SMILES string of the molecule is CC(C1CC1)N(C(=O)NC1CCCC(C(=O)NC2CC2)C1)C1CC1. The molecule has 4 aliphatic carbocycles. The van der Waals surface area contributed by atoms with Gasteiger partial charge in [0.05, 0.1) is 0 Å². The second-order valence-electron chi connectivity index (χ2n) is 8.51. The van der Waals surface area contributed by atoms with Crippen molar-refractivity contribution in [1.82, 2.24) is 15.5 Å². The molecule has 3 atom stereocenters. The van der Waals surface area contributed by atoms with Gasteiger partial charge in [0.2, 0.25) is 5.91 Å². The zero-order valence-corrected chi connectivity index (χ0v) is 14.8. The van der Waals surface area contributed by atoms with Crippen molar-refractivity contribution in [1.29, 1.82) is 0 Å². The molecule has 24 heavy (non-hydrogen) atoms. The van der Waals surface area contributed by atoms with E-state index in [9.17, 15) is 9.59 Å². The molecule has 0 aromatic heterocycles. The van der Waals surface area contributed by atoms with E-state index >= 15 is 0 Å². The predicted octanol–water partition coefficient (Wildman–Crippen LogP) is 2.80. The Kier molecular flexibility index (Phi) is 4.44. The second kappa shape index (κ2) is 6.57. The van der Waals surface area contributed by atoms with Crippen molar-refractivity contribution in [2.24, 2.45) is 11.8 Å². The maximum Gasteiger partial charge on any atom is 0.318 e. The highest BCUT2D eigenvalue weighted by atomic mass is 16.2. The lowest BCUT2D eigenvalue weighted by Gasteiger charge is -2.34. The van der Waals surface area contributed by atoms with E-state index in [2.05, 4.69) is 22.5 Å². The molecule has 3 unspecified atom stereocenters. The first-order valence-electron chi connectivity index (χ1n) is 10.0. The van der Waals surface area contributed by atoms with Crippen molar-refractivity contribution in [3.63, 3.8) is 0 Å². The van der Waals surface area contributed by atoms with Crippen molar-refractivity contribution >= 4 is 11.9 Å². The van der Waals surface area contributed by atoms with E-state index in [0.717, 1.165) is 51.4 Å². The second-order valence-corrected chi connectivity index (χ2v) is 8.51. The maximum atomic E-state index is 12.8. The van der Waals surface area contributed by atoms with Gasteiger partial charge in [-0.1, -0.05) is 6.42 Å². The summed E-state index contributed by atoms with van der Waals surface area (Å²) < 4.78 is 0. The monoisotopic (exact) mass is 333 g/mol. The van der Waals surface area contributed by atoms with Crippen LogP contribution in [0.2, 0.25) is 0 Å². The largest absolute Gasteiger partial charge is 0.353 e. The van der Waals surface area contributed by atoms with E-state index in [0.29, 0.717) is 24.0 Å². The van der Waals surface area contributed by atoms with E-state index < -0.39 is 0 Å². The lowest BCUT2D eigenvalue weighted by atomic mass is 9.85. The number of carbonyl (C=O) groups excluding carboxylic acids is 2. The average Bonchev–Trinajstić information content (AvgIpc) is 3.39. The summed E-state index contributed by atoms with van der Waals surface area (Å²) in [6.45, 7) is 2.21. The Bertz CT molecular complexity index is 497. The molecule has 0 radical (unpaired) electrons. The Labute approximate surface area is 144 Å². The van der Waals surface area contributed by atoms with Crippen molar-refractivity contribution < 1.29 is 9.59 Å². The zero-order chi connectivity index (χ0) is 16.7. The van der Waals surface area contributed by atoms with Crippen LogP contribution in [0.25, 0.3) is 0 Å². The van der Waals surface area contributed by atoms with E-state index in [1.54, 1.807) is 0 Å². The van der Waals surface area contributed by atoms with Gasteiger partial charge in [-0.15, -0.1) is 0 Å².